The van der Waals surface area contributed by atoms with Crippen LogP contribution in [0.2, 0.25) is 0 Å². The van der Waals surface area contributed by atoms with Crippen LogP contribution in [-0.2, 0) is 22.6 Å². The van der Waals surface area contributed by atoms with Gasteiger partial charge in [0.05, 0.1) is 5.69 Å². The molecule has 1 aromatic carbocycles. The van der Waals surface area contributed by atoms with Crippen LogP contribution in [0, 0.1) is 0 Å². The first-order valence-electron chi connectivity index (χ1n) is 6.43. The highest BCUT2D eigenvalue weighted by atomic mass is 32.2. The maximum absolute atomic E-state index is 11.3. The second-order valence-electron chi connectivity index (χ2n) is 4.34. The van der Waals surface area contributed by atoms with Crippen LogP contribution in [0.15, 0.2) is 41.7 Å². The van der Waals surface area contributed by atoms with Gasteiger partial charge in [-0.25, -0.2) is 14.8 Å². The number of carboxylic acid groups (broad SMARTS) is 1. The van der Waals surface area contributed by atoms with E-state index >= 15 is 0 Å². The van der Waals surface area contributed by atoms with Crippen LogP contribution in [-0.4, -0.2) is 33.1 Å². The van der Waals surface area contributed by atoms with Gasteiger partial charge in [0.25, 0.3) is 0 Å². The van der Waals surface area contributed by atoms with Gasteiger partial charge < -0.3 is 9.84 Å². The predicted octanol–water partition coefficient (Wildman–Crippen LogP) is 1.97. The van der Waals surface area contributed by atoms with Crippen LogP contribution in [0.5, 0.6) is 5.75 Å². The van der Waals surface area contributed by atoms with E-state index in [1.54, 1.807) is 36.5 Å². The number of para-hydroxylation sites is 1. The molecule has 0 spiro atoms. The third kappa shape index (κ3) is 4.29. The first-order chi connectivity index (χ1) is 10.6. The SMILES string of the molecule is CSc1nccc(COc2ccccc2CC(=O)C(=O)O)n1. The topological polar surface area (TPSA) is 89.4 Å². The molecule has 0 saturated carbocycles. The Hall–Kier alpha value is -2.41. The fourth-order valence-corrected chi connectivity index (χ4v) is 2.12. The Morgan fingerprint density at radius 2 is 2.05 bits per heavy atom. The monoisotopic (exact) mass is 318 g/mol. The number of benzene rings is 1. The standard InChI is InChI=1S/C15H14N2O4S/c1-22-15-16-7-6-11(17-15)9-21-13-5-3-2-4-10(13)8-12(18)14(19)20/h2-7H,8-9H2,1H3,(H,19,20). The van der Waals surface area contributed by atoms with Gasteiger partial charge in [-0.05, 0) is 18.4 Å². The molecule has 1 N–H and O–H groups in total. The molecule has 0 aliphatic carbocycles. The van der Waals surface area contributed by atoms with Crippen molar-refractivity contribution < 1.29 is 19.4 Å². The van der Waals surface area contributed by atoms with E-state index in [-0.39, 0.29) is 13.0 Å². The van der Waals surface area contributed by atoms with E-state index in [0.717, 1.165) is 0 Å². The molecule has 6 nitrogen and oxygen atoms in total. The molecule has 0 bridgehead atoms. The molecule has 0 atom stereocenters. The Labute approximate surface area is 131 Å². The Morgan fingerprint density at radius 3 is 2.77 bits per heavy atom. The number of carbonyl (C=O) groups is 2. The van der Waals surface area contributed by atoms with Crippen molar-refractivity contribution in [1.29, 1.82) is 0 Å². The lowest BCUT2D eigenvalue weighted by Gasteiger charge is -2.10. The van der Waals surface area contributed by atoms with Crippen LogP contribution >= 0.6 is 11.8 Å². The number of rotatable bonds is 7. The average molecular weight is 318 g/mol. The summed E-state index contributed by atoms with van der Waals surface area (Å²) in [7, 11) is 0. The highest BCUT2D eigenvalue weighted by molar-refractivity contribution is 7.98. The summed E-state index contributed by atoms with van der Waals surface area (Å²) in [6, 6.07) is 8.60. The summed E-state index contributed by atoms with van der Waals surface area (Å²) in [4.78, 5) is 30.4. The quantitative estimate of drug-likeness (QED) is 0.474. The van der Waals surface area contributed by atoms with Gasteiger partial charge in [0, 0.05) is 18.2 Å². The van der Waals surface area contributed by atoms with Gasteiger partial charge in [0.1, 0.15) is 12.4 Å². The van der Waals surface area contributed by atoms with Crippen molar-refractivity contribution in [3.8, 4) is 5.75 Å². The van der Waals surface area contributed by atoms with E-state index in [2.05, 4.69) is 9.97 Å². The second kappa shape index (κ2) is 7.56. The largest absolute Gasteiger partial charge is 0.487 e. The molecule has 0 amide bonds. The van der Waals surface area contributed by atoms with E-state index in [9.17, 15) is 9.59 Å². The minimum absolute atomic E-state index is 0.203. The number of nitrogens with zero attached hydrogens (tertiary/aromatic N) is 2. The van der Waals surface area contributed by atoms with Crippen LogP contribution in [0.3, 0.4) is 0 Å². The van der Waals surface area contributed by atoms with E-state index in [4.69, 9.17) is 9.84 Å². The summed E-state index contributed by atoms with van der Waals surface area (Å²) in [6.45, 7) is 0.217. The summed E-state index contributed by atoms with van der Waals surface area (Å²) in [5.41, 5.74) is 1.24. The number of hydrogen-bond donors (Lipinski definition) is 1. The number of carbonyl (C=O) groups excluding carboxylic acids is 1. The Balaban J connectivity index is 2.09. The van der Waals surface area contributed by atoms with Gasteiger partial charge in [-0.2, -0.15) is 0 Å². The lowest BCUT2D eigenvalue weighted by molar-refractivity contribution is -0.148. The molecule has 0 radical (unpaired) electrons. The lowest BCUT2D eigenvalue weighted by atomic mass is 10.1. The molecule has 7 heteroatoms. The number of Topliss-reactive ketones (excluding diaryl/α,β-unsaturated/α-hetero) is 1. The molecule has 0 aliphatic heterocycles. The number of carboxylic acids is 1. The summed E-state index contributed by atoms with van der Waals surface area (Å²) in [5, 5.41) is 9.34. The number of ether oxygens (including phenoxy) is 1. The maximum Gasteiger partial charge on any atom is 0.372 e. The fraction of sp³-hybridized carbons (Fsp3) is 0.200. The number of aromatic nitrogens is 2. The van der Waals surface area contributed by atoms with Crippen molar-refractivity contribution in [3.05, 3.63) is 47.8 Å². The molecule has 1 heterocycles. The third-order valence-electron chi connectivity index (χ3n) is 2.81. The minimum atomic E-state index is -1.45. The molecule has 0 fully saturated rings. The highest BCUT2D eigenvalue weighted by Crippen LogP contribution is 2.20. The zero-order valence-electron chi connectivity index (χ0n) is 11.9. The van der Waals surface area contributed by atoms with Crippen molar-refractivity contribution in [3.63, 3.8) is 0 Å². The highest BCUT2D eigenvalue weighted by Gasteiger charge is 2.15. The Kier molecular flexibility index (Phi) is 5.48. The lowest BCUT2D eigenvalue weighted by Crippen LogP contribution is -2.15. The van der Waals surface area contributed by atoms with Crippen LogP contribution in [0.4, 0.5) is 0 Å². The molecular weight excluding hydrogens is 304 g/mol. The number of aliphatic carboxylic acids is 1. The molecule has 0 aliphatic rings. The van der Waals surface area contributed by atoms with Crippen LogP contribution < -0.4 is 4.74 Å². The van der Waals surface area contributed by atoms with Crippen molar-refractivity contribution in [1.82, 2.24) is 9.97 Å². The van der Waals surface area contributed by atoms with Crippen LogP contribution in [0.1, 0.15) is 11.3 Å². The number of ketones is 1. The average Bonchev–Trinajstić information content (AvgIpc) is 2.54. The summed E-state index contributed by atoms with van der Waals surface area (Å²) in [6.07, 6.45) is 3.33. The van der Waals surface area contributed by atoms with Gasteiger partial charge in [0.15, 0.2) is 5.16 Å². The molecule has 114 valence electrons. The summed E-state index contributed by atoms with van der Waals surface area (Å²) in [5.74, 6) is -1.85. The maximum atomic E-state index is 11.3. The van der Waals surface area contributed by atoms with Gasteiger partial charge in [-0.1, -0.05) is 30.0 Å². The first kappa shape index (κ1) is 16.0. The van der Waals surface area contributed by atoms with Crippen molar-refractivity contribution in [2.75, 3.05) is 6.26 Å². The zero-order valence-corrected chi connectivity index (χ0v) is 12.7. The van der Waals surface area contributed by atoms with Crippen molar-refractivity contribution >= 4 is 23.5 Å². The van der Waals surface area contributed by atoms with Crippen molar-refractivity contribution in [2.24, 2.45) is 0 Å². The molecule has 22 heavy (non-hydrogen) atoms. The number of hydrogen-bond acceptors (Lipinski definition) is 6. The van der Waals surface area contributed by atoms with Crippen LogP contribution in [0.25, 0.3) is 0 Å². The zero-order chi connectivity index (χ0) is 15.9. The molecule has 0 saturated heterocycles. The van der Waals surface area contributed by atoms with Gasteiger partial charge >= 0.3 is 5.97 Å². The normalized spacial score (nSPS) is 10.2. The van der Waals surface area contributed by atoms with E-state index in [1.165, 1.54) is 11.8 Å². The van der Waals surface area contributed by atoms with E-state index in [1.807, 2.05) is 6.26 Å². The number of thioether (sulfide) groups is 1. The first-order valence-corrected chi connectivity index (χ1v) is 7.65. The summed E-state index contributed by atoms with van der Waals surface area (Å²) < 4.78 is 5.66. The van der Waals surface area contributed by atoms with Gasteiger partial charge in [-0.15, -0.1) is 0 Å². The fourth-order valence-electron chi connectivity index (χ4n) is 1.75. The molecule has 2 aromatic rings. The van der Waals surface area contributed by atoms with Gasteiger partial charge in [0.2, 0.25) is 5.78 Å². The molecule has 1 aromatic heterocycles. The molecule has 0 unspecified atom stereocenters. The molecule has 2 rings (SSSR count). The van der Waals surface area contributed by atoms with E-state index < -0.39 is 11.8 Å². The Morgan fingerprint density at radius 1 is 1.27 bits per heavy atom. The van der Waals surface area contributed by atoms with Crippen molar-refractivity contribution in [2.45, 2.75) is 18.2 Å². The summed E-state index contributed by atoms with van der Waals surface area (Å²) >= 11 is 1.43. The second-order valence-corrected chi connectivity index (χ2v) is 5.11. The third-order valence-corrected chi connectivity index (χ3v) is 3.37. The smallest absolute Gasteiger partial charge is 0.372 e. The molecular formula is C15H14N2O4S. The van der Waals surface area contributed by atoms with Gasteiger partial charge in [-0.3, -0.25) is 4.79 Å². The minimum Gasteiger partial charge on any atom is -0.487 e. The predicted molar refractivity (Wildman–Crippen MR) is 80.9 cm³/mol. The van der Waals surface area contributed by atoms with E-state index in [0.29, 0.717) is 22.2 Å². The Bertz CT molecular complexity index is 691.